The number of primary amides is 1. The molecule has 230 valence electrons. The van der Waals surface area contributed by atoms with Gasteiger partial charge in [0.25, 0.3) is 0 Å². The molecule has 1 amide bonds. The van der Waals surface area contributed by atoms with Gasteiger partial charge in [-0.2, -0.15) is 0 Å². The van der Waals surface area contributed by atoms with E-state index in [9.17, 15) is 14.7 Å². The topological polar surface area (TPSA) is 108 Å². The lowest BCUT2D eigenvalue weighted by molar-refractivity contribution is -0.129. The molecular formula is C33H57NO6. The maximum absolute atomic E-state index is 13.2. The zero-order valence-electron chi connectivity index (χ0n) is 26.6. The molecule has 7 nitrogen and oxygen atoms in total. The number of hydrogen-bond acceptors (Lipinski definition) is 6. The standard InChI is InChI=1S/C33H57NO6/c1-10-25(29(36)21-27(23(4)5)28(35)14-15-33(6,7)32(34)37)20-26(22(2)3)18-24-12-13-30(39-9)31(19-24)40-17-11-16-38-8/h12-13,19,22-23,25-27,29,36H,10-11,14-18,20-21H2,1-9H3,(H2,34,37)/t25-,26-,27-,29-/m0/s1. The number of amides is 1. The van der Waals surface area contributed by atoms with Crippen LogP contribution >= 0.6 is 0 Å². The zero-order valence-corrected chi connectivity index (χ0v) is 26.6. The van der Waals surface area contributed by atoms with E-state index in [0.717, 1.165) is 31.4 Å². The molecular weight excluding hydrogens is 506 g/mol. The minimum atomic E-state index is -0.720. The van der Waals surface area contributed by atoms with Crippen molar-refractivity contribution in [1.82, 2.24) is 0 Å². The molecule has 4 atom stereocenters. The van der Waals surface area contributed by atoms with E-state index in [2.05, 4.69) is 32.9 Å². The highest BCUT2D eigenvalue weighted by molar-refractivity contribution is 5.84. The summed E-state index contributed by atoms with van der Waals surface area (Å²) in [6.07, 6.45) is 3.98. The molecule has 1 rings (SSSR count). The second-order valence-electron chi connectivity index (χ2n) is 12.7. The molecule has 0 aliphatic carbocycles. The van der Waals surface area contributed by atoms with Crippen LogP contribution in [-0.4, -0.2) is 50.3 Å². The maximum Gasteiger partial charge on any atom is 0.223 e. The van der Waals surface area contributed by atoms with E-state index >= 15 is 0 Å². The van der Waals surface area contributed by atoms with Crippen LogP contribution in [0.1, 0.15) is 92.6 Å². The van der Waals surface area contributed by atoms with Crippen molar-refractivity contribution in [3.05, 3.63) is 23.8 Å². The van der Waals surface area contributed by atoms with E-state index < -0.39 is 17.4 Å². The van der Waals surface area contributed by atoms with Crippen LogP contribution < -0.4 is 15.2 Å². The number of carbonyl (C=O) groups is 2. The highest BCUT2D eigenvalue weighted by atomic mass is 16.5. The Morgan fingerprint density at radius 1 is 0.975 bits per heavy atom. The van der Waals surface area contributed by atoms with Crippen molar-refractivity contribution in [2.45, 2.75) is 99.5 Å². The van der Waals surface area contributed by atoms with Gasteiger partial charge in [0.05, 0.1) is 19.8 Å². The number of ether oxygens (including phenoxy) is 3. The van der Waals surface area contributed by atoms with E-state index in [1.54, 1.807) is 28.1 Å². The molecule has 0 saturated carbocycles. The first-order chi connectivity index (χ1) is 18.8. The van der Waals surface area contributed by atoms with Gasteiger partial charge in [-0.15, -0.1) is 0 Å². The summed E-state index contributed by atoms with van der Waals surface area (Å²) in [5.74, 6) is 1.90. The Morgan fingerprint density at radius 2 is 1.65 bits per heavy atom. The highest BCUT2D eigenvalue weighted by Crippen LogP contribution is 2.35. The summed E-state index contributed by atoms with van der Waals surface area (Å²) in [7, 11) is 3.33. The summed E-state index contributed by atoms with van der Waals surface area (Å²) in [5, 5.41) is 11.4. The lowest BCUT2D eigenvalue weighted by atomic mass is 9.75. The molecule has 0 saturated heterocycles. The fourth-order valence-electron chi connectivity index (χ4n) is 5.20. The molecule has 7 heteroatoms. The maximum atomic E-state index is 13.2. The van der Waals surface area contributed by atoms with Gasteiger partial charge in [0.2, 0.25) is 5.91 Å². The van der Waals surface area contributed by atoms with Crippen molar-refractivity contribution in [3.63, 3.8) is 0 Å². The summed E-state index contributed by atoms with van der Waals surface area (Å²) < 4.78 is 16.6. The van der Waals surface area contributed by atoms with Crippen LogP contribution in [-0.2, 0) is 20.7 Å². The molecule has 0 heterocycles. The van der Waals surface area contributed by atoms with Crippen LogP contribution in [0.2, 0.25) is 0 Å². The molecule has 0 spiro atoms. The first-order valence-corrected chi connectivity index (χ1v) is 15.1. The van der Waals surface area contributed by atoms with Crippen LogP contribution in [0.25, 0.3) is 0 Å². The molecule has 3 N–H and O–H groups in total. The molecule has 1 aromatic carbocycles. The number of ketones is 1. The number of Topliss-reactive ketones (excluding diaryl/α,β-unsaturated/α-hetero) is 1. The van der Waals surface area contributed by atoms with E-state index in [4.69, 9.17) is 19.9 Å². The van der Waals surface area contributed by atoms with Gasteiger partial charge in [0.1, 0.15) is 5.78 Å². The second-order valence-corrected chi connectivity index (χ2v) is 12.7. The molecule has 0 aromatic heterocycles. The number of benzene rings is 1. The van der Waals surface area contributed by atoms with Crippen LogP contribution in [0.5, 0.6) is 11.5 Å². The molecule has 0 fully saturated rings. The SMILES string of the molecule is CC[C@@H](C[C@H](Cc1ccc(OC)c(OCCCOC)c1)C(C)C)[C@@H](O)C[C@H](C(=O)CCC(C)(C)C(N)=O)C(C)C. The predicted molar refractivity (Wildman–Crippen MR) is 162 cm³/mol. The highest BCUT2D eigenvalue weighted by Gasteiger charge is 2.32. The molecule has 40 heavy (non-hydrogen) atoms. The fourth-order valence-corrected chi connectivity index (χ4v) is 5.20. The van der Waals surface area contributed by atoms with Gasteiger partial charge in [-0.25, -0.2) is 0 Å². The normalized spacial score (nSPS) is 15.1. The zero-order chi connectivity index (χ0) is 30.5. The number of nitrogens with two attached hydrogens (primary N) is 1. The monoisotopic (exact) mass is 563 g/mol. The summed E-state index contributed by atoms with van der Waals surface area (Å²) >= 11 is 0. The Bertz CT molecular complexity index is 897. The molecule has 0 aliphatic rings. The van der Waals surface area contributed by atoms with Gasteiger partial charge < -0.3 is 25.1 Å². The Morgan fingerprint density at radius 3 is 2.17 bits per heavy atom. The third kappa shape index (κ3) is 11.8. The van der Waals surface area contributed by atoms with Crippen molar-refractivity contribution in [2.24, 2.45) is 40.7 Å². The van der Waals surface area contributed by atoms with Crippen molar-refractivity contribution >= 4 is 11.7 Å². The van der Waals surface area contributed by atoms with E-state index in [-0.39, 0.29) is 23.5 Å². The van der Waals surface area contributed by atoms with Crippen molar-refractivity contribution in [2.75, 3.05) is 27.4 Å². The molecule has 0 radical (unpaired) electrons. The van der Waals surface area contributed by atoms with E-state index in [1.165, 1.54) is 5.56 Å². The predicted octanol–water partition coefficient (Wildman–Crippen LogP) is 6.23. The third-order valence-electron chi connectivity index (χ3n) is 8.47. The number of aliphatic hydroxyl groups is 1. The Kier molecular flexibility index (Phi) is 15.8. The number of rotatable bonds is 21. The van der Waals surface area contributed by atoms with Crippen LogP contribution in [0.15, 0.2) is 18.2 Å². The minimum Gasteiger partial charge on any atom is -0.493 e. The third-order valence-corrected chi connectivity index (χ3v) is 8.47. The minimum absolute atomic E-state index is 0.0894. The summed E-state index contributed by atoms with van der Waals surface area (Å²) in [6, 6.07) is 6.12. The van der Waals surface area contributed by atoms with Crippen LogP contribution in [0, 0.1) is 35.0 Å². The van der Waals surface area contributed by atoms with E-state index in [0.29, 0.717) is 50.1 Å². The van der Waals surface area contributed by atoms with Gasteiger partial charge in [-0.1, -0.05) is 61.0 Å². The second kappa shape index (κ2) is 17.6. The number of methoxy groups -OCH3 is 2. The smallest absolute Gasteiger partial charge is 0.223 e. The average molecular weight is 564 g/mol. The average Bonchev–Trinajstić information content (AvgIpc) is 2.90. The first-order valence-electron chi connectivity index (χ1n) is 15.1. The molecule has 0 aliphatic heterocycles. The lowest BCUT2D eigenvalue weighted by Gasteiger charge is -2.32. The van der Waals surface area contributed by atoms with Gasteiger partial charge in [0.15, 0.2) is 11.5 Å². The van der Waals surface area contributed by atoms with Crippen molar-refractivity contribution < 1.29 is 28.9 Å². The summed E-state index contributed by atoms with van der Waals surface area (Å²) in [6.45, 7) is 15.4. The van der Waals surface area contributed by atoms with Crippen molar-refractivity contribution in [3.8, 4) is 11.5 Å². The van der Waals surface area contributed by atoms with Gasteiger partial charge in [0, 0.05) is 37.9 Å². The summed E-state index contributed by atoms with van der Waals surface area (Å²) in [4.78, 5) is 24.9. The Balaban J connectivity index is 2.95. The van der Waals surface area contributed by atoms with Crippen LogP contribution in [0.3, 0.4) is 0 Å². The first kappa shape index (κ1) is 35.9. The number of aliphatic hydroxyl groups excluding tert-OH is 1. The van der Waals surface area contributed by atoms with Gasteiger partial charge >= 0.3 is 0 Å². The largest absolute Gasteiger partial charge is 0.493 e. The number of hydrogen-bond donors (Lipinski definition) is 2. The lowest BCUT2D eigenvalue weighted by Crippen LogP contribution is -2.34. The summed E-state index contributed by atoms with van der Waals surface area (Å²) in [5.41, 5.74) is 5.96. The number of carbonyl (C=O) groups excluding carboxylic acids is 2. The Labute approximate surface area is 243 Å². The molecule has 0 unspecified atom stereocenters. The molecule has 0 bridgehead atoms. The van der Waals surface area contributed by atoms with Crippen molar-refractivity contribution in [1.29, 1.82) is 0 Å². The Hall–Kier alpha value is -2.12. The van der Waals surface area contributed by atoms with Gasteiger partial charge in [-0.3, -0.25) is 9.59 Å². The van der Waals surface area contributed by atoms with Gasteiger partial charge in [-0.05, 0) is 67.1 Å². The van der Waals surface area contributed by atoms with E-state index in [1.807, 2.05) is 19.9 Å². The molecule has 1 aromatic rings. The fraction of sp³-hybridized carbons (Fsp3) is 0.758. The van der Waals surface area contributed by atoms with Crippen LogP contribution in [0.4, 0.5) is 0 Å². The quantitative estimate of drug-likeness (QED) is 0.172.